The van der Waals surface area contributed by atoms with E-state index in [0.29, 0.717) is 13.1 Å². The fraction of sp³-hybridized carbons (Fsp3) is 0.615. The molecule has 1 aromatic heterocycles. The van der Waals surface area contributed by atoms with Gasteiger partial charge < -0.3 is 15.5 Å². The molecule has 1 saturated heterocycles. The quantitative estimate of drug-likeness (QED) is 0.697. The predicted octanol–water partition coefficient (Wildman–Crippen LogP) is -0.0913. The number of hydrogen-bond acceptors (Lipinski definition) is 5. The fourth-order valence-electron chi connectivity index (χ4n) is 2.37. The minimum Gasteiger partial charge on any atom is -0.389 e. The molecule has 1 aromatic rings. The number of nitrogens with one attached hydrogen (secondary N) is 1. The Labute approximate surface area is 112 Å². The van der Waals surface area contributed by atoms with Crippen molar-refractivity contribution in [2.75, 3.05) is 26.7 Å². The van der Waals surface area contributed by atoms with Crippen molar-refractivity contribution in [3.63, 3.8) is 0 Å². The zero-order valence-electron chi connectivity index (χ0n) is 11.0. The van der Waals surface area contributed by atoms with Crippen molar-refractivity contribution in [1.82, 2.24) is 15.2 Å². The molecule has 0 radical (unpaired) electrons. The number of hydrogen-bond donors (Lipinski definition) is 3. The summed E-state index contributed by atoms with van der Waals surface area (Å²) in [4.78, 5) is 6.09. The molecule has 5 nitrogen and oxygen atoms in total. The van der Waals surface area contributed by atoms with Crippen LogP contribution in [0, 0.1) is 5.82 Å². The first-order valence-corrected chi connectivity index (χ1v) is 6.47. The molecule has 3 N–H and O–H groups in total. The third-order valence-corrected chi connectivity index (χ3v) is 3.52. The molecule has 0 spiro atoms. The molecule has 106 valence electrons. The van der Waals surface area contributed by atoms with Crippen LogP contribution >= 0.6 is 0 Å². The average Bonchev–Trinajstić information content (AvgIpc) is 2.71. The zero-order valence-corrected chi connectivity index (χ0v) is 11.0. The van der Waals surface area contributed by atoms with E-state index in [1.807, 2.05) is 11.9 Å². The third kappa shape index (κ3) is 3.70. The van der Waals surface area contributed by atoms with Gasteiger partial charge in [-0.05, 0) is 25.6 Å². The number of aliphatic hydroxyl groups excluding tert-OH is 2. The Hall–Kier alpha value is -1.08. The van der Waals surface area contributed by atoms with Gasteiger partial charge in [0.15, 0.2) is 0 Å². The van der Waals surface area contributed by atoms with E-state index >= 15 is 0 Å². The molecule has 1 aliphatic rings. The summed E-state index contributed by atoms with van der Waals surface area (Å²) >= 11 is 0. The lowest BCUT2D eigenvalue weighted by atomic mass is 10.1. The molecule has 3 unspecified atom stereocenters. The molecule has 0 amide bonds. The predicted molar refractivity (Wildman–Crippen MR) is 69.1 cm³/mol. The molecule has 3 atom stereocenters. The van der Waals surface area contributed by atoms with E-state index in [-0.39, 0.29) is 11.9 Å². The molecule has 0 bridgehead atoms. The van der Waals surface area contributed by atoms with E-state index in [1.165, 1.54) is 12.3 Å². The van der Waals surface area contributed by atoms with Crippen molar-refractivity contribution in [3.05, 3.63) is 29.8 Å². The van der Waals surface area contributed by atoms with Gasteiger partial charge in [0, 0.05) is 19.6 Å². The standard InChI is InChI=1S/C13H20FN3O2/c1-15-10(11-3-2-9(14)6-16-11)4-5-17-7-12(18)13(19)8-17/h2-3,6,10,12-13,15,18-19H,4-5,7-8H2,1H3. The maximum absolute atomic E-state index is 12.8. The number of aliphatic hydroxyl groups is 2. The number of aromatic nitrogens is 1. The summed E-state index contributed by atoms with van der Waals surface area (Å²) in [6.07, 6.45) is 0.686. The van der Waals surface area contributed by atoms with Crippen molar-refractivity contribution in [2.45, 2.75) is 24.7 Å². The van der Waals surface area contributed by atoms with Gasteiger partial charge in [-0.1, -0.05) is 0 Å². The number of likely N-dealkylation sites (tertiary alicyclic amines) is 1. The first kappa shape index (κ1) is 14.3. The maximum atomic E-state index is 12.8. The SMILES string of the molecule is CNC(CCN1CC(O)C(O)C1)c1ccc(F)cn1. The molecule has 0 aliphatic carbocycles. The van der Waals surface area contributed by atoms with E-state index < -0.39 is 12.2 Å². The van der Waals surface area contributed by atoms with Gasteiger partial charge in [-0.15, -0.1) is 0 Å². The van der Waals surface area contributed by atoms with E-state index in [9.17, 15) is 14.6 Å². The summed E-state index contributed by atoms with van der Waals surface area (Å²) in [5.41, 5.74) is 0.796. The van der Waals surface area contributed by atoms with Crippen molar-refractivity contribution >= 4 is 0 Å². The van der Waals surface area contributed by atoms with Gasteiger partial charge in [0.25, 0.3) is 0 Å². The van der Waals surface area contributed by atoms with E-state index in [4.69, 9.17) is 0 Å². The van der Waals surface area contributed by atoms with Crippen LogP contribution in [0.1, 0.15) is 18.2 Å². The smallest absolute Gasteiger partial charge is 0.141 e. The Kier molecular flexibility index (Phi) is 4.81. The Balaban J connectivity index is 1.88. The largest absolute Gasteiger partial charge is 0.389 e. The van der Waals surface area contributed by atoms with Gasteiger partial charge in [-0.3, -0.25) is 9.88 Å². The number of rotatable bonds is 5. The van der Waals surface area contributed by atoms with Gasteiger partial charge >= 0.3 is 0 Å². The molecule has 19 heavy (non-hydrogen) atoms. The van der Waals surface area contributed by atoms with Crippen LogP contribution in [-0.4, -0.2) is 59.0 Å². The lowest BCUT2D eigenvalue weighted by Gasteiger charge is -2.20. The summed E-state index contributed by atoms with van der Waals surface area (Å²) in [7, 11) is 1.84. The second kappa shape index (κ2) is 6.38. The van der Waals surface area contributed by atoms with Crippen LogP contribution in [0.15, 0.2) is 18.3 Å². The molecule has 1 aliphatic heterocycles. The molecule has 1 fully saturated rings. The first-order chi connectivity index (χ1) is 9.10. The van der Waals surface area contributed by atoms with Gasteiger partial charge in [0.05, 0.1) is 30.1 Å². The third-order valence-electron chi connectivity index (χ3n) is 3.52. The highest BCUT2D eigenvalue weighted by Gasteiger charge is 2.29. The van der Waals surface area contributed by atoms with Crippen LogP contribution in [0.2, 0.25) is 0 Å². The van der Waals surface area contributed by atoms with Crippen molar-refractivity contribution < 1.29 is 14.6 Å². The normalized spacial score (nSPS) is 25.7. The van der Waals surface area contributed by atoms with Crippen molar-refractivity contribution in [2.24, 2.45) is 0 Å². The molecule has 0 aromatic carbocycles. The molecular formula is C13H20FN3O2. The topological polar surface area (TPSA) is 68.6 Å². The Morgan fingerprint density at radius 2 is 2.11 bits per heavy atom. The minimum absolute atomic E-state index is 0.0375. The molecule has 0 saturated carbocycles. The maximum Gasteiger partial charge on any atom is 0.141 e. The Morgan fingerprint density at radius 1 is 1.42 bits per heavy atom. The molecule has 6 heteroatoms. The zero-order chi connectivity index (χ0) is 13.8. The lowest BCUT2D eigenvalue weighted by Crippen LogP contribution is -2.28. The lowest BCUT2D eigenvalue weighted by molar-refractivity contribution is 0.0572. The molecule has 2 rings (SSSR count). The van der Waals surface area contributed by atoms with Crippen molar-refractivity contribution in [1.29, 1.82) is 0 Å². The number of nitrogens with zero attached hydrogens (tertiary/aromatic N) is 2. The van der Waals surface area contributed by atoms with Crippen LogP contribution in [-0.2, 0) is 0 Å². The highest BCUT2D eigenvalue weighted by atomic mass is 19.1. The monoisotopic (exact) mass is 269 g/mol. The average molecular weight is 269 g/mol. The number of halogens is 1. The fourth-order valence-corrected chi connectivity index (χ4v) is 2.37. The van der Waals surface area contributed by atoms with Gasteiger partial charge in [-0.2, -0.15) is 0 Å². The summed E-state index contributed by atoms with van der Waals surface area (Å²) in [5, 5.41) is 22.1. The minimum atomic E-state index is -0.656. The highest BCUT2D eigenvalue weighted by molar-refractivity contribution is 5.09. The van der Waals surface area contributed by atoms with Gasteiger partial charge in [-0.25, -0.2) is 4.39 Å². The first-order valence-electron chi connectivity index (χ1n) is 6.47. The van der Waals surface area contributed by atoms with Crippen LogP contribution < -0.4 is 5.32 Å². The van der Waals surface area contributed by atoms with E-state index in [1.54, 1.807) is 6.07 Å². The van der Waals surface area contributed by atoms with Crippen LogP contribution in [0.3, 0.4) is 0 Å². The summed E-state index contributed by atoms with van der Waals surface area (Å²) in [6, 6.07) is 3.11. The molecular weight excluding hydrogens is 249 g/mol. The second-order valence-electron chi connectivity index (χ2n) is 4.93. The highest BCUT2D eigenvalue weighted by Crippen LogP contribution is 2.17. The van der Waals surface area contributed by atoms with E-state index in [0.717, 1.165) is 18.7 Å². The summed E-state index contributed by atoms with van der Waals surface area (Å²) in [5.74, 6) is -0.343. The van der Waals surface area contributed by atoms with Crippen LogP contribution in [0.5, 0.6) is 0 Å². The van der Waals surface area contributed by atoms with Gasteiger partial charge in [0.1, 0.15) is 5.82 Å². The molecule has 2 heterocycles. The van der Waals surface area contributed by atoms with E-state index in [2.05, 4.69) is 10.3 Å². The van der Waals surface area contributed by atoms with Gasteiger partial charge in [0.2, 0.25) is 0 Å². The van der Waals surface area contributed by atoms with Crippen LogP contribution in [0.4, 0.5) is 4.39 Å². The summed E-state index contributed by atoms with van der Waals surface area (Å²) < 4.78 is 12.8. The number of pyridine rings is 1. The number of β-amino-alcohol motifs (C(OH)–C–C–N with tert-alkyl or cyclic N) is 2. The second-order valence-corrected chi connectivity index (χ2v) is 4.93. The van der Waals surface area contributed by atoms with Crippen LogP contribution in [0.25, 0.3) is 0 Å². The van der Waals surface area contributed by atoms with Crippen molar-refractivity contribution in [3.8, 4) is 0 Å². The Morgan fingerprint density at radius 3 is 2.63 bits per heavy atom. The Bertz CT molecular complexity index is 391. The summed E-state index contributed by atoms with van der Waals surface area (Å²) in [6.45, 7) is 1.74.